The number of hydrogen-bond donors (Lipinski definition) is 4. The van der Waals surface area contributed by atoms with Crippen LogP contribution in [0.15, 0.2) is 11.2 Å². The summed E-state index contributed by atoms with van der Waals surface area (Å²) in [7, 11) is 1.77. The highest BCUT2D eigenvalue weighted by Crippen LogP contribution is 2.19. The Bertz CT molecular complexity index is 349. The summed E-state index contributed by atoms with van der Waals surface area (Å²) in [6.07, 6.45) is 1.88. The van der Waals surface area contributed by atoms with E-state index in [0.717, 1.165) is 0 Å². The van der Waals surface area contributed by atoms with E-state index in [1.165, 1.54) is 11.8 Å². The minimum atomic E-state index is -0.797. The third-order valence-electron chi connectivity index (χ3n) is 2.27. The molecule has 0 aliphatic heterocycles. The zero-order chi connectivity index (χ0) is 12.9. The molecule has 0 saturated carbocycles. The molecule has 0 aliphatic rings. The molecule has 6 nitrogen and oxygen atoms in total. The van der Waals surface area contributed by atoms with E-state index in [0.29, 0.717) is 16.8 Å². The first-order chi connectivity index (χ1) is 8.06. The second-order valence-corrected chi connectivity index (χ2v) is 4.65. The summed E-state index contributed by atoms with van der Waals surface area (Å²) >= 11 is 1.43. The Morgan fingerprint density at radius 3 is 2.35 bits per heavy atom. The third kappa shape index (κ3) is 3.72. The lowest BCUT2D eigenvalue weighted by molar-refractivity contribution is 0.147. The summed E-state index contributed by atoms with van der Waals surface area (Å²) in [6, 6.07) is 1.73. The van der Waals surface area contributed by atoms with Crippen molar-refractivity contribution in [3.05, 3.63) is 6.07 Å². The quantitative estimate of drug-likeness (QED) is 0.433. The molecule has 1 aromatic rings. The first kappa shape index (κ1) is 14.0. The first-order valence-corrected chi connectivity index (χ1v) is 6.40. The summed E-state index contributed by atoms with van der Waals surface area (Å²) in [5.74, 6) is 1.25. The normalized spacial score (nSPS) is 11.4. The Balaban J connectivity index is 2.97. The van der Waals surface area contributed by atoms with Gasteiger partial charge in [-0.3, -0.25) is 0 Å². The monoisotopic (exact) mass is 258 g/mol. The van der Waals surface area contributed by atoms with Crippen molar-refractivity contribution in [3.8, 4) is 0 Å². The summed E-state index contributed by atoms with van der Waals surface area (Å²) in [5, 5.41) is 25.0. The number of anilines is 2. The maximum atomic E-state index is 9.21. The largest absolute Gasteiger partial charge is 0.394 e. The number of thioether (sulfide) groups is 1. The van der Waals surface area contributed by atoms with Crippen molar-refractivity contribution >= 4 is 23.4 Å². The molecule has 0 bridgehead atoms. The molecule has 0 spiro atoms. The molecular formula is C10H18N4O2S. The van der Waals surface area contributed by atoms with Gasteiger partial charge in [-0.05, 0) is 13.2 Å². The van der Waals surface area contributed by atoms with Crippen LogP contribution in [0.1, 0.15) is 6.92 Å². The van der Waals surface area contributed by atoms with Gasteiger partial charge in [0.2, 0.25) is 0 Å². The second-order valence-electron chi connectivity index (χ2n) is 3.88. The van der Waals surface area contributed by atoms with Crippen molar-refractivity contribution in [2.75, 3.05) is 37.2 Å². The van der Waals surface area contributed by atoms with Crippen LogP contribution in [0.3, 0.4) is 0 Å². The fourth-order valence-corrected chi connectivity index (χ4v) is 1.53. The van der Waals surface area contributed by atoms with Gasteiger partial charge in [-0.15, -0.1) is 0 Å². The Morgan fingerprint density at radius 2 is 1.88 bits per heavy atom. The van der Waals surface area contributed by atoms with Gasteiger partial charge in [0.1, 0.15) is 11.6 Å². The van der Waals surface area contributed by atoms with Gasteiger partial charge in [-0.1, -0.05) is 11.8 Å². The number of nitrogens with one attached hydrogen (secondary N) is 2. The molecule has 0 unspecified atom stereocenters. The van der Waals surface area contributed by atoms with E-state index in [1.54, 1.807) is 20.0 Å². The second kappa shape index (κ2) is 6.04. The van der Waals surface area contributed by atoms with Crippen molar-refractivity contribution in [3.63, 3.8) is 0 Å². The van der Waals surface area contributed by atoms with Gasteiger partial charge >= 0.3 is 0 Å². The molecule has 0 amide bonds. The lowest BCUT2D eigenvalue weighted by Gasteiger charge is -2.27. The highest BCUT2D eigenvalue weighted by atomic mass is 32.2. The van der Waals surface area contributed by atoms with Crippen LogP contribution in [0.2, 0.25) is 0 Å². The van der Waals surface area contributed by atoms with E-state index in [1.807, 2.05) is 6.26 Å². The average molecular weight is 258 g/mol. The molecule has 4 N–H and O–H groups in total. The molecule has 0 fully saturated rings. The number of aromatic nitrogens is 2. The van der Waals surface area contributed by atoms with Crippen molar-refractivity contribution in [2.24, 2.45) is 0 Å². The van der Waals surface area contributed by atoms with Crippen LogP contribution in [0.4, 0.5) is 11.6 Å². The van der Waals surface area contributed by atoms with Crippen molar-refractivity contribution < 1.29 is 10.2 Å². The van der Waals surface area contributed by atoms with Gasteiger partial charge in [-0.25, -0.2) is 9.97 Å². The number of nitrogens with zero attached hydrogens (tertiary/aromatic N) is 2. The maximum Gasteiger partial charge on any atom is 0.191 e. The van der Waals surface area contributed by atoms with Gasteiger partial charge in [-0.2, -0.15) is 0 Å². The Labute approximate surface area is 105 Å². The molecule has 0 atom stereocenters. The van der Waals surface area contributed by atoms with Gasteiger partial charge in [0.25, 0.3) is 0 Å². The standard InChI is InChI=1S/C10H18N4O2S/c1-10(5-15,6-16)14-8-4-7(11-2)12-9(13-8)17-3/h4,15-16H,5-6H2,1-3H3,(H2,11,12,13,14). The van der Waals surface area contributed by atoms with Crippen molar-refractivity contribution in [1.29, 1.82) is 0 Å². The smallest absolute Gasteiger partial charge is 0.191 e. The maximum absolute atomic E-state index is 9.21. The molecule has 0 radical (unpaired) electrons. The van der Waals surface area contributed by atoms with Gasteiger partial charge in [0.15, 0.2) is 5.16 Å². The highest BCUT2D eigenvalue weighted by Gasteiger charge is 2.22. The zero-order valence-electron chi connectivity index (χ0n) is 10.2. The molecule has 0 saturated heterocycles. The minimum Gasteiger partial charge on any atom is -0.394 e. The van der Waals surface area contributed by atoms with E-state index in [2.05, 4.69) is 20.6 Å². The van der Waals surface area contributed by atoms with Crippen LogP contribution in [-0.2, 0) is 0 Å². The predicted octanol–water partition coefficient (Wildman–Crippen LogP) is 0.395. The zero-order valence-corrected chi connectivity index (χ0v) is 11.0. The van der Waals surface area contributed by atoms with E-state index in [9.17, 15) is 10.2 Å². The summed E-state index contributed by atoms with van der Waals surface area (Å²) in [5.41, 5.74) is -0.797. The molecule has 1 heterocycles. The Kier molecular flexibility index (Phi) is 4.98. The molecule has 0 aliphatic carbocycles. The van der Waals surface area contributed by atoms with Crippen LogP contribution < -0.4 is 10.6 Å². The molecule has 1 aromatic heterocycles. The Hall–Kier alpha value is -1.05. The molecule has 17 heavy (non-hydrogen) atoms. The molecular weight excluding hydrogens is 240 g/mol. The molecule has 1 rings (SSSR count). The summed E-state index contributed by atoms with van der Waals surface area (Å²) in [4.78, 5) is 8.49. The summed E-state index contributed by atoms with van der Waals surface area (Å²) in [6.45, 7) is 1.35. The first-order valence-electron chi connectivity index (χ1n) is 5.17. The molecule has 0 aromatic carbocycles. The van der Waals surface area contributed by atoms with Gasteiger partial charge < -0.3 is 20.8 Å². The van der Waals surface area contributed by atoms with E-state index >= 15 is 0 Å². The third-order valence-corrected chi connectivity index (χ3v) is 2.82. The fraction of sp³-hybridized carbons (Fsp3) is 0.600. The van der Waals surface area contributed by atoms with E-state index in [-0.39, 0.29) is 13.2 Å². The minimum absolute atomic E-state index is 0.184. The molecule has 7 heteroatoms. The van der Waals surface area contributed by atoms with Crippen LogP contribution in [0.5, 0.6) is 0 Å². The van der Waals surface area contributed by atoms with Crippen LogP contribution >= 0.6 is 11.8 Å². The van der Waals surface area contributed by atoms with Crippen LogP contribution in [0.25, 0.3) is 0 Å². The van der Waals surface area contributed by atoms with E-state index < -0.39 is 5.54 Å². The number of aliphatic hydroxyl groups excluding tert-OH is 2. The van der Waals surface area contributed by atoms with E-state index in [4.69, 9.17) is 0 Å². The fourth-order valence-electron chi connectivity index (χ4n) is 1.15. The highest BCUT2D eigenvalue weighted by molar-refractivity contribution is 7.98. The lowest BCUT2D eigenvalue weighted by Crippen LogP contribution is -2.42. The predicted molar refractivity (Wildman–Crippen MR) is 69.6 cm³/mol. The van der Waals surface area contributed by atoms with Gasteiger partial charge in [0, 0.05) is 13.1 Å². The van der Waals surface area contributed by atoms with Crippen molar-refractivity contribution in [1.82, 2.24) is 9.97 Å². The topological polar surface area (TPSA) is 90.3 Å². The molecule has 96 valence electrons. The number of rotatable bonds is 6. The Morgan fingerprint density at radius 1 is 1.29 bits per heavy atom. The van der Waals surface area contributed by atoms with Crippen LogP contribution in [-0.4, -0.2) is 52.2 Å². The average Bonchev–Trinajstić information content (AvgIpc) is 2.37. The number of hydrogen-bond acceptors (Lipinski definition) is 7. The van der Waals surface area contributed by atoms with Gasteiger partial charge in [0.05, 0.1) is 18.8 Å². The van der Waals surface area contributed by atoms with Crippen molar-refractivity contribution in [2.45, 2.75) is 17.6 Å². The summed E-state index contributed by atoms with van der Waals surface area (Å²) < 4.78 is 0. The SMILES string of the molecule is CNc1cc(NC(C)(CO)CO)nc(SC)n1. The number of aliphatic hydroxyl groups is 2. The van der Waals surface area contributed by atoms with Crippen LogP contribution in [0, 0.1) is 0 Å². The lowest BCUT2D eigenvalue weighted by atomic mass is 10.1.